The van der Waals surface area contributed by atoms with Crippen molar-refractivity contribution in [2.75, 3.05) is 13.2 Å². The summed E-state index contributed by atoms with van der Waals surface area (Å²) >= 11 is 0. The Hall–Kier alpha value is -2.80. The summed E-state index contributed by atoms with van der Waals surface area (Å²) in [5, 5.41) is 10.1. The van der Waals surface area contributed by atoms with Crippen LogP contribution in [-0.2, 0) is 13.0 Å². The Morgan fingerprint density at radius 3 is 2.88 bits per heavy atom. The molecule has 3 heterocycles. The van der Waals surface area contributed by atoms with Gasteiger partial charge in [-0.05, 0) is 31.5 Å². The van der Waals surface area contributed by atoms with Crippen LogP contribution in [0.1, 0.15) is 41.3 Å². The van der Waals surface area contributed by atoms with E-state index in [0.29, 0.717) is 12.4 Å². The van der Waals surface area contributed by atoms with E-state index in [4.69, 9.17) is 4.74 Å². The number of fused-ring (bicyclic) bond motifs is 1. The van der Waals surface area contributed by atoms with E-state index >= 15 is 0 Å². The van der Waals surface area contributed by atoms with Crippen molar-refractivity contribution in [3.05, 3.63) is 59.2 Å². The lowest BCUT2D eigenvalue weighted by Crippen LogP contribution is -2.36. The van der Waals surface area contributed by atoms with E-state index in [-0.39, 0.29) is 11.8 Å². The Labute approximate surface area is 152 Å². The number of hydrogen-bond donors (Lipinski definition) is 3. The Morgan fingerprint density at radius 1 is 1.27 bits per heavy atom. The number of aromatic hydroxyl groups is 1. The highest BCUT2D eigenvalue weighted by Gasteiger charge is 2.32. The number of phenolic OH excluding ortho intramolecular Hbond substituents is 1. The molecule has 3 aromatic rings. The quantitative estimate of drug-likeness (QED) is 0.656. The van der Waals surface area contributed by atoms with Crippen molar-refractivity contribution in [3.8, 4) is 11.5 Å². The Morgan fingerprint density at radius 2 is 2.12 bits per heavy atom. The van der Waals surface area contributed by atoms with Crippen LogP contribution in [0.2, 0.25) is 0 Å². The molecule has 0 radical (unpaired) electrons. The number of aryl methyl sites for hydroxylation is 1. The maximum Gasteiger partial charge on any atom is 0.161 e. The molecule has 26 heavy (non-hydrogen) atoms. The Kier molecular flexibility index (Phi) is 4.38. The van der Waals surface area contributed by atoms with Crippen molar-refractivity contribution in [2.24, 2.45) is 0 Å². The van der Waals surface area contributed by atoms with E-state index in [1.807, 2.05) is 26.0 Å². The molecule has 0 unspecified atom stereocenters. The van der Waals surface area contributed by atoms with Gasteiger partial charge in [-0.15, -0.1) is 0 Å². The molecule has 0 fully saturated rings. The predicted molar refractivity (Wildman–Crippen MR) is 97.1 cm³/mol. The minimum atomic E-state index is -0.0130. The van der Waals surface area contributed by atoms with Crippen molar-refractivity contribution >= 4 is 0 Å². The van der Waals surface area contributed by atoms with E-state index in [1.54, 1.807) is 18.7 Å². The highest BCUT2D eigenvalue weighted by atomic mass is 16.5. The predicted octanol–water partition coefficient (Wildman–Crippen LogP) is 2.69. The monoisotopic (exact) mass is 353 g/mol. The maximum absolute atomic E-state index is 10.1. The van der Waals surface area contributed by atoms with Gasteiger partial charge in [0.2, 0.25) is 0 Å². The van der Waals surface area contributed by atoms with Gasteiger partial charge in [-0.2, -0.15) is 0 Å². The number of H-pyrrole nitrogens is 2. The first kappa shape index (κ1) is 16.7. The topological polar surface area (TPSA) is 90.1 Å². The second-order valence-corrected chi connectivity index (χ2v) is 6.52. The molecule has 1 aliphatic rings. The van der Waals surface area contributed by atoms with Crippen LogP contribution in [0, 0.1) is 6.92 Å². The standard InChI is InChI=1S/C19H23N5O2/c1-3-26-17-8-13(4-5-16(17)25)19-18-14(21-11-23-18)6-7-24(19)9-15-12(2)20-10-22-15/h4-5,8,10-11,19,25H,3,6-7,9H2,1-2H3,(H,20,22)(H,21,23)/t19-/m1/s1. The second-order valence-electron chi connectivity index (χ2n) is 6.52. The lowest BCUT2D eigenvalue weighted by Gasteiger charge is -2.35. The molecule has 0 aliphatic carbocycles. The van der Waals surface area contributed by atoms with Gasteiger partial charge in [-0.25, -0.2) is 9.97 Å². The molecular formula is C19H23N5O2. The van der Waals surface area contributed by atoms with Gasteiger partial charge >= 0.3 is 0 Å². The number of benzene rings is 1. The minimum Gasteiger partial charge on any atom is -0.504 e. The highest BCUT2D eigenvalue weighted by molar-refractivity contribution is 5.45. The Balaban J connectivity index is 1.74. The second kappa shape index (κ2) is 6.84. The van der Waals surface area contributed by atoms with Crippen LogP contribution in [0.4, 0.5) is 0 Å². The van der Waals surface area contributed by atoms with Crippen LogP contribution in [0.25, 0.3) is 0 Å². The largest absolute Gasteiger partial charge is 0.504 e. The number of nitrogens with one attached hydrogen (secondary N) is 2. The van der Waals surface area contributed by atoms with E-state index in [2.05, 4.69) is 24.8 Å². The van der Waals surface area contributed by atoms with Crippen LogP contribution < -0.4 is 4.74 Å². The molecule has 3 N–H and O–H groups in total. The normalized spacial score (nSPS) is 17.2. The molecule has 2 aromatic heterocycles. The fraction of sp³-hybridized carbons (Fsp3) is 0.368. The molecule has 0 bridgehead atoms. The number of aromatic amines is 2. The van der Waals surface area contributed by atoms with Crippen LogP contribution in [0.3, 0.4) is 0 Å². The van der Waals surface area contributed by atoms with Gasteiger partial charge in [-0.1, -0.05) is 6.07 Å². The van der Waals surface area contributed by atoms with Gasteiger partial charge in [0.1, 0.15) is 0 Å². The third-order valence-corrected chi connectivity index (χ3v) is 4.91. The van der Waals surface area contributed by atoms with Crippen molar-refractivity contribution in [3.63, 3.8) is 0 Å². The minimum absolute atomic E-state index is 0.0130. The molecular weight excluding hydrogens is 330 g/mol. The molecule has 7 heteroatoms. The highest BCUT2D eigenvalue weighted by Crippen LogP contribution is 2.38. The average molecular weight is 353 g/mol. The van der Waals surface area contributed by atoms with Crippen molar-refractivity contribution in [1.82, 2.24) is 24.8 Å². The number of hydrogen-bond acceptors (Lipinski definition) is 5. The third kappa shape index (κ3) is 2.94. The van der Waals surface area contributed by atoms with Gasteiger partial charge in [-0.3, -0.25) is 4.90 Å². The first-order valence-corrected chi connectivity index (χ1v) is 8.88. The number of rotatable bonds is 5. The molecule has 0 spiro atoms. The van der Waals surface area contributed by atoms with E-state index < -0.39 is 0 Å². The molecule has 0 saturated heterocycles. The number of imidazole rings is 2. The zero-order valence-electron chi connectivity index (χ0n) is 15.0. The molecule has 1 atom stereocenters. The summed E-state index contributed by atoms with van der Waals surface area (Å²) in [5.41, 5.74) is 5.36. The zero-order valence-corrected chi connectivity index (χ0v) is 15.0. The Bertz CT molecular complexity index is 901. The fourth-order valence-electron chi connectivity index (χ4n) is 3.57. The number of phenols is 1. The summed E-state index contributed by atoms with van der Waals surface area (Å²) in [5.74, 6) is 0.659. The first-order chi connectivity index (χ1) is 12.7. The summed E-state index contributed by atoms with van der Waals surface area (Å²) in [6.45, 7) is 6.08. The van der Waals surface area contributed by atoms with Gasteiger partial charge in [0.15, 0.2) is 11.5 Å². The SMILES string of the molecule is CCOc1cc([C@@H]2c3nc[nH]c3CCN2Cc2nc[nH]c2C)ccc1O. The lowest BCUT2D eigenvalue weighted by molar-refractivity contribution is 0.197. The summed E-state index contributed by atoms with van der Waals surface area (Å²) in [4.78, 5) is 17.8. The van der Waals surface area contributed by atoms with E-state index in [1.165, 1.54) is 0 Å². The van der Waals surface area contributed by atoms with Gasteiger partial charge in [0.25, 0.3) is 0 Å². The number of ether oxygens (including phenoxy) is 1. The smallest absolute Gasteiger partial charge is 0.161 e. The molecule has 1 aromatic carbocycles. The summed E-state index contributed by atoms with van der Waals surface area (Å²) in [6.07, 6.45) is 4.41. The fourth-order valence-corrected chi connectivity index (χ4v) is 3.57. The summed E-state index contributed by atoms with van der Waals surface area (Å²) < 4.78 is 5.58. The average Bonchev–Trinajstić information content (AvgIpc) is 3.26. The first-order valence-electron chi connectivity index (χ1n) is 8.88. The molecule has 0 amide bonds. The zero-order chi connectivity index (χ0) is 18.1. The van der Waals surface area contributed by atoms with Crippen molar-refractivity contribution in [1.29, 1.82) is 0 Å². The third-order valence-electron chi connectivity index (χ3n) is 4.91. The van der Waals surface area contributed by atoms with Crippen LogP contribution >= 0.6 is 0 Å². The van der Waals surface area contributed by atoms with Crippen molar-refractivity contribution in [2.45, 2.75) is 32.9 Å². The molecule has 0 saturated carbocycles. The van der Waals surface area contributed by atoms with E-state index in [0.717, 1.165) is 47.8 Å². The molecule has 1 aliphatic heterocycles. The van der Waals surface area contributed by atoms with Crippen LogP contribution in [0.5, 0.6) is 11.5 Å². The van der Waals surface area contributed by atoms with Crippen LogP contribution in [0.15, 0.2) is 30.9 Å². The molecule has 4 rings (SSSR count). The van der Waals surface area contributed by atoms with Gasteiger partial charge in [0.05, 0.1) is 36.7 Å². The van der Waals surface area contributed by atoms with Gasteiger partial charge in [0, 0.05) is 30.9 Å². The summed E-state index contributed by atoms with van der Waals surface area (Å²) in [6, 6.07) is 5.54. The van der Waals surface area contributed by atoms with Crippen molar-refractivity contribution < 1.29 is 9.84 Å². The molecule has 7 nitrogen and oxygen atoms in total. The maximum atomic E-state index is 10.1. The number of nitrogens with zero attached hydrogens (tertiary/aromatic N) is 3. The molecule has 136 valence electrons. The van der Waals surface area contributed by atoms with E-state index in [9.17, 15) is 5.11 Å². The van der Waals surface area contributed by atoms with Crippen LogP contribution in [-0.4, -0.2) is 43.1 Å². The lowest BCUT2D eigenvalue weighted by atomic mass is 9.95. The number of aromatic nitrogens is 4. The summed E-state index contributed by atoms with van der Waals surface area (Å²) in [7, 11) is 0. The van der Waals surface area contributed by atoms with Gasteiger partial charge < -0.3 is 19.8 Å².